The molecule has 0 bridgehead atoms. The summed E-state index contributed by atoms with van der Waals surface area (Å²) in [4.78, 5) is 23.4. The number of nitro benzene ring substituents is 1. The van der Waals surface area contributed by atoms with Crippen LogP contribution in [0.2, 0.25) is 0 Å². The van der Waals surface area contributed by atoms with Crippen LogP contribution < -0.4 is 5.32 Å². The van der Waals surface area contributed by atoms with E-state index >= 15 is 0 Å². The van der Waals surface area contributed by atoms with Crippen LogP contribution in [0.5, 0.6) is 0 Å². The fourth-order valence-corrected chi connectivity index (χ4v) is 2.39. The molecule has 1 unspecified atom stereocenters. The molecule has 1 atom stereocenters. The first kappa shape index (κ1) is 17.5. The summed E-state index contributed by atoms with van der Waals surface area (Å²) in [6.07, 6.45) is 3.27. The predicted molar refractivity (Wildman–Crippen MR) is 82.7 cm³/mol. The van der Waals surface area contributed by atoms with Gasteiger partial charge < -0.3 is 10.4 Å². The number of amides is 1. The minimum absolute atomic E-state index is 0.0660. The van der Waals surface area contributed by atoms with Crippen LogP contribution in [0.25, 0.3) is 0 Å². The molecule has 0 saturated heterocycles. The summed E-state index contributed by atoms with van der Waals surface area (Å²) < 4.78 is 0. The first-order chi connectivity index (χ1) is 10.0. The van der Waals surface area contributed by atoms with Crippen molar-refractivity contribution in [3.8, 4) is 0 Å². The number of rotatable bonds is 8. The molecule has 0 spiro atoms. The van der Waals surface area contributed by atoms with E-state index in [1.165, 1.54) is 23.9 Å². The van der Waals surface area contributed by atoms with E-state index in [2.05, 4.69) is 5.32 Å². The Balaban J connectivity index is 2.87. The summed E-state index contributed by atoms with van der Waals surface area (Å²) in [5.41, 5.74) is -0.119. The summed E-state index contributed by atoms with van der Waals surface area (Å²) in [6.45, 7) is 2.44. The number of aliphatic hydroxyl groups is 1. The van der Waals surface area contributed by atoms with Crippen LogP contribution in [0.1, 0.15) is 30.1 Å². The van der Waals surface area contributed by atoms with Gasteiger partial charge in [-0.1, -0.05) is 13.3 Å². The molecule has 0 radical (unpaired) electrons. The molecule has 0 aliphatic carbocycles. The first-order valence-corrected chi connectivity index (χ1v) is 7.97. The molecule has 2 N–H and O–H groups in total. The van der Waals surface area contributed by atoms with Gasteiger partial charge in [0.2, 0.25) is 0 Å². The molecule has 0 fully saturated rings. The predicted octanol–water partition coefficient (Wildman–Crippen LogP) is 2.46. The Bertz CT molecular complexity index is 508. The number of thioether (sulfide) groups is 1. The lowest BCUT2D eigenvalue weighted by Crippen LogP contribution is -2.30. The minimum Gasteiger partial charge on any atom is -0.396 e. The Morgan fingerprint density at radius 1 is 1.52 bits per heavy atom. The molecule has 1 aromatic carbocycles. The molecule has 0 saturated carbocycles. The molecule has 0 heterocycles. The van der Waals surface area contributed by atoms with Gasteiger partial charge in [-0.05, 0) is 30.7 Å². The number of benzene rings is 1. The molecular weight excluding hydrogens is 292 g/mol. The van der Waals surface area contributed by atoms with E-state index < -0.39 is 10.8 Å². The van der Waals surface area contributed by atoms with E-state index in [0.717, 1.165) is 11.3 Å². The molecule has 1 amide bonds. The van der Waals surface area contributed by atoms with Crippen molar-refractivity contribution in [2.75, 3.05) is 19.4 Å². The summed E-state index contributed by atoms with van der Waals surface area (Å²) in [6, 6.07) is 4.51. The largest absolute Gasteiger partial charge is 0.396 e. The van der Waals surface area contributed by atoms with E-state index in [1.54, 1.807) is 6.07 Å². The van der Waals surface area contributed by atoms with Crippen molar-refractivity contribution >= 4 is 23.4 Å². The Morgan fingerprint density at radius 3 is 2.76 bits per heavy atom. The average Bonchev–Trinajstić information content (AvgIpc) is 2.50. The molecule has 0 aliphatic rings. The van der Waals surface area contributed by atoms with Gasteiger partial charge in [0.05, 0.1) is 4.92 Å². The zero-order valence-corrected chi connectivity index (χ0v) is 13.0. The Morgan fingerprint density at radius 2 is 2.24 bits per heavy atom. The number of hydrogen-bond acceptors (Lipinski definition) is 5. The smallest absolute Gasteiger partial charge is 0.282 e. The zero-order chi connectivity index (χ0) is 15.8. The molecule has 21 heavy (non-hydrogen) atoms. The van der Waals surface area contributed by atoms with E-state index in [9.17, 15) is 14.9 Å². The van der Waals surface area contributed by atoms with Gasteiger partial charge in [-0.3, -0.25) is 14.9 Å². The van der Waals surface area contributed by atoms with Crippen LogP contribution in [0.15, 0.2) is 23.1 Å². The summed E-state index contributed by atoms with van der Waals surface area (Å²) in [5, 5.41) is 22.7. The van der Waals surface area contributed by atoms with Gasteiger partial charge in [0.15, 0.2) is 0 Å². The van der Waals surface area contributed by atoms with Crippen molar-refractivity contribution in [3.63, 3.8) is 0 Å². The van der Waals surface area contributed by atoms with Crippen molar-refractivity contribution in [1.82, 2.24) is 5.32 Å². The van der Waals surface area contributed by atoms with Crippen LogP contribution in [-0.4, -0.2) is 35.3 Å². The fourth-order valence-electron chi connectivity index (χ4n) is 1.95. The molecule has 6 nitrogen and oxygen atoms in total. The second-order valence-corrected chi connectivity index (χ2v) is 5.52. The van der Waals surface area contributed by atoms with Crippen molar-refractivity contribution in [3.05, 3.63) is 33.9 Å². The second kappa shape index (κ2) is 8.63. The lowest BCUT2D eigenvalue weighted by molar-refractivity contribution is -0.385. The highest BCUT2D eigenvalue weighted by Gasteiger charge is 2.21. The average molecular weight is 312 g/mol. The standard InChI is InChI=1S/C14H20N2O4S/c1-3-10(6-7-17)9-15-14(18)12-8-11(21-2)4-5-13(12)16(19)20/h4-5,8,10,17H,3,6-7,9H2,1-2H3,(H,15,18). The van der Waals surface area contributed by atoms with Gasteiger partial charge in [0.1, 0.15) is 5.56 Å². The number of carbonyl (C=O) groups is 1. The van der Waals surface area contributed by atoms with Crippen LogP contribution >= 0.6 is 11.8 Å². The van der Waals surface area contributed by atoms with Crippen LogP contribution in [0.4, 0.5) is 5.69 Å². The van der Waals surface area contributed by atoms with Gasteiger partial charge >= 0.3 is 0 Å². The van der Waals surface area contributed by atoms with Crippen LogP contribution in [0.3, 0.4) is 0 Å². The van der Waals surface area contributed by atoms with E-state index in [4.69, 9.17) is 5.11 Å². The number of nitro groups is 1. The SMILES string of the molecule is CCC(CCO)CNC(=O)c1cc(SC)ccc1[N+](=O)[O-]. The third-order valence-corrected chi connectivity index (χ3v) is 4.04. The maximum absolute atomic E-state index is 12.2. The zero-order valence-electron chi connectivity index (χ0n) is 12.2. The molecule has 1 aromatic rings. The van der Waals surface area contributed by atoms with Gasteiger partial charge in [0.25, 0.3) is 11.6 Å². The minimum atomic E-state index is -0.552. The van der Waals surface area contributed by atoms with Gasteiger partial charge in [-0.2, -0.15) is 0 Å². The highest BCUT2D eigenvalue weighted by Crippen LogP contribution is 2.24. The fraction of sp³-hybridized carbons (Fsp3) is 0.500. The van der Waals surface area contributed by atoms with E-state index in [-0.39, 0.29) is 23.8 Å². The second-order valence-electron chi connectivity index (χ2n) is 4.64. The van der Waals surface area contributed by atoms with Gasteiger partial charge in [-0.25, -0.2) is 0 Å². The summed E-state index contributed by atoms with van der Waals surface area (Å²) in [7, 11) is 0. The Hall–Kier alpha value is -1.60. The van der Waals surface area contributed by atoms with E-state index in [1.807, 2.05) is 13.2 Å². The number of nitrogens with one attached hydrogen (secondary N) is 1. The number of hydrogen-bond donors (Lipinski definition) is 2. The topological polar surface area (TPSA) is 92.5 Å². The normalized spacial score (nSPS) is 12.0. The van der Waals surface area contributed by atoms with Crippen molar-refractivity contribution in [2.24, 2.45) is 5.92 Å². The Kier molecular flexibility index (Phi) is 7.18. The molecule has 1 rings (SSSR count). The van der Waals surface area contributed by atoms with E-state index in [0.29, 0.717) is 13.0 Å². The number of nitrogens with zero attached hydrogens (tertiary/aromatic N) is 1. The van der Waals surface area contributed by atoms with Gasteiger partial charge in [0, 0.05) is 24.1 Å². The molecular formula is C14H20N2O4S. The third kappa shape index (κ3) is 5.02. The highest BCUT2D eigenvalue weighted by atomic mass is 32.2. The lowest BCUT2D eigenvalue weighted by Gasteiger charge is -2.14. The lowest BCUT2D eigenvalue weighted by atomic mass is 10.0. The molecule has 0 aliphatic heterocycles. The Labute approximate surface area is 128 Å². The summed E-state index contributed by atoms with van der Waals surface area (Å²) >= 11 is 1.42. The van der Waals surface area contributed by atoms with Crippen LogP contribution in [-0.2, 0) is 0 Å². The molecule has 7 heteroatoms. The maximum atomic E-state index is 12.2. The van der Waals surface area contributed by atoms with Gasteiger partial charge in [-0.15, -0.1) is 11.8 Å². The quantitative estimate of drug-likeness (QED) is 0.437. The highest BCUT2D eigenvalue weighted by molar-refractivity contribution is 7.98. The van der Waals surface area contributed by atoms with Crippen molar-refractivity contribution in [1.29, 1.82) is 0 Å². The summed E-state index contributed by atoms with van der Waals surface area (Å²) in [5.74, 6) is -0.282. The van der Waals surface area contributed by atoms with Crippen molar-refractivity contribution < 1.29 is 14.8 Å². The van der Waals surface area contributed by atoms with Crippen LogP contribution in [0, 0.1) is 16.0 Å². The first-order valence-electron chi connectivity index (χ1n) is 6.74. The monoisotopic (exact) mass is 312 g/mol. The number of aliphatic hydroxyl groups excluding tert-OH is 1. The molecule has 0 aromatic heterocycles. The van der Waals surface area contributed by atoms with Crippen molar-refractivity contribution in [2.45, 2.75) is 24.7 Å². The maximum Gasteiger partial charge on any atom is 0.282 e. The molecule has 116 valence electrons. The number of carbonyl (C=O) groups excluding carboxylic acids is 1. The third-order valence-electron chi connectivity index (χ3n) is 3.31.